The van der Waals surface area contributed by atoms with Crippen LogP contribution in [0.25, 0.3) is 0 Å². The summed E-state index contributed by atoms with van der Waals surface area (Å²) in [6.07, 6.45) is 1.86. The lowest BCUT2D eigenvalue weighted by Gasteiger charge is -2.23. The molecule has 1 aliphatic carbocycles. The van der Waals surface area contributed by atoms with Crippen LogP contribution < -0.4 is 4.74 Å². The number of ether oxygens (including phenoxy) is 1. The maximum Gasteiger partial charge on any atom is 0.170 e. The van der Waals surface area contributed by atoms with E-state index in [2.05, 4.69) is 6.07 Å². The van der Waals surface area contributed by atoms with Crippen molar-refractivity contribution < 1.29 is 9.53 Å². The second-order valence-electron chi connectivity index (χ2n) is 4.89. The molecule has 0 aliphatic heterocycles. The van der Waals surface area contributed by atoms with E-state index < -0.39 is 0 Å². The van der Waals surface area contributed by atoms with Crippen LogP contribution >= 0.6 is 0 Å². The summed E-state index contributed by atoms with van der Waals surface area (Å²) in [5.74, 6) is 1.06. The minimum Gasteiger partial charge on any atom is -0.497 e. The van der Waals surface area contributed by atoms with Gasteiger partial charge in [-0.05, 0) is 36.1 Å². The monoisotopic (exact) mass is 252 g/mol. The fraction of sp³-hybridized carbons (Fsp3) is 0.235. The Bertz CT molecular complexity index is 599. The molecule has 19 heavy (non-hydrogen) atoms. The Morgan fingerprint density at radius 1 is 1.05 bits per heavy atom. The first kappa shape index (κ1) is 12.0. The molecule has 0 aromatic heterocycles. The average molecular weight is 252 g/mol. The fourth-order valence-corrected chi connectivity index (χ4v) is 2.75. The quantitative estimate of drug-likeness (QED) is 0.816. The first-order chi connectivity index (χ1) is 9.29. The molecule has 2 aromatic carbocycles. The molecule has 1 atom stereocenters. The van der Waals surface area contributed by atoms with E-state index in [0.717, 1.165) is 29.7 Å². The lowest BCUT2D eigenvalue weighted by molar-refractivity contribution is 0.0946. The summed E-state index contributed by atoms with van der Waals surface area (Å²) in [5.41, 5.74) is 3.15. The number of methoxy groups -OCH3 is 1. The van der Waals surface area contributed by atoms with Crippen molar-refractivity contribution in [3.05, 3.63) is 65.2 Å². The molecule has 0 saturated heterocycles. The molecule has 0 saturated carbocycles. The van der Waals surface area contributed by atoms with Crippen LogP contribution in [0, 0.1) is 0 Å². The van der Waals surface area contributed by atoms with Gasteiger partial charge in [0.25, 0.3) is 0 Å². The standard InChI is InChI=1S/C17H16O2/c1-19-14-9-6-13(7-10-14)16-11-8-12-4-2-3-5-15(12)17(16)18/h2-7,9-10,16H,8,11H2,1H3/t16-/m1/s1. The van der Waals surface area contributed by atoms with Crippen LogP contribution in [0.2, 0.25) is 0 Å². The van der Waals surface area contributed by atoms with Gasteiger partial charge >= 0.3 is 0 Å². The van der Waals surface area contributed by atoms with Crippen molar-refractivity contribution in [2.75, 3.05) is 7.11 Å². The second-order valence-corrected chi connectivity index (χ2v) is 4.89. The van der Waals surface area contributed by atoms with E-state index in [9.17, 15) is 4.79 Å². The summed E-state index contributed by atoms with van der Waals surface area (Å²) >= 11 is 0. The predicted octanol–water partition coefficient (Wildman–Crippen LogP) is 3.61. The van der Waals surface area contributed by atoms with E-state index in [1.807, 2.05) is 42.5 Å². The highest BCUT2D eigenvalue weighted by Crippen LogP contribution is 2.33. The molecular weight excluding hydrogens is 236 g/mol. The number of benzene rings is 2. The van der Waals surface area contributed by atoms with Gasteiger partial charge in [0.05, 0.1) is 7.11 Å². The summed E-state index contributed by atoms with van der Waals surface area (Å²) in [5, 5.41) is 0. The van der Waals surface area contributed by atoms with Crippen LogP contribution in [0.1, 0.15) is 33.8 Å². The Morgan fingerprint density at radius 3 is 2.53 bits per heavy atom. The zero-order valence-corrected chi connectivity index (χ0v) is 10.9. The maximum atomic E-state index is 12.5. The maximum absolute atomic E-state index is 12.5. The fourth-order valence-electron chi connectivity index (χ4n) is 2.75. The number of ketones is 1. The summed E-state index contributed by atoms with van der Waals surface area (Å²) < 4.78 is 5.15. The van der Waals surface area contributed by atoms with Crippen LogP contribution in [0.5, 0.6) is 5.75 Å². The molecule has 1 aliphatic rings. The first-order valence-electron chi connectivity index (χ1n) is 6.55. The molecular formula is C17H16O2. The molecule has 0 radical (unpaired) electrons. The van der Waals surface area contributed by atoms with Gasteiger partial charge in [-0.3, -0.25) is 4.79 Å². The highest BCUT2D eigenvalue weighted by atomic mass is 16.5. The molecule has 3 rings (SSSR count). The number of carbonyl (C=O) groups is 1. The Kier molecular flexibility index (Phi) is 3.08. The van der Waals surface area contributed by atoms with Gasteiger partial charge in [-0.1, -0.05) is 36.4 Å². The topological polar surface area (TPSA) is 26.3 Å². The molecule has 0 heterocycles. The summed E-state index contributed by atoms with van der Waals surface area (Å²) in [6.45, 7) is 0. The number of fused-ring (bicyclic) bond motifs is 1. The lowest BCUT2D eigenvalue weighted by Crippen LogP contribution is -2.20. The van der Waals surface area contributed by atoms with Crippen LogP contribution in [-0.4, -0.2) is 12.9 Å². The van der Waals surface area contributed by atoms with Gasteiger partial charge in [0, 0.05) is 11.5 Å². The summed E-state index contributed by atoms with van der Waals surface area (Å²) in [7, 11) is 1.65. The number of aryl methyl sites for hydroxylation is 1. The molecule has 0 spiro atoms. The van der Waals surface area contributed by atoms with Crippen LogP contribution in [-0.2, 0) is 6.42 Å². The van der Waals surface area contributed by atoms with Crippen molar-refractivity contribution in [1.82, 2.24) is 0 Å². The van der Waals surface area contributed by atoms with Crippen molar-refractivity contribution in [2.45, 2.75) is 18.8 Å². The first-order valence-corrected chi connectivity index (χ1v) is 6.55. The zero-order chi connectivity index (χ0) is 13.2. The number of carbonyl (C=O) groups excluding carboxylic acids is 1. The molecule has 2 nitrogen and oxygen atoms in total. The molecule has 0 N–H and O–H groups in total. The molecule has 0 unspecified atom stereocenters. The Balaban J connectivity index is 1.93. The summed E-state index contributed by atoms with van der Waals surface area (Å²) in [4.78, 5) is 12.5. The SMILES string of the molecule is COc1ccc([C@H]2CCc3ccccc3C2=O)cc1. The molecule has 0 fully saturated rings. The minimum atomic E-state index is -0.0131. The van der Waals surface area contributed by atoms with Crippen LogP contribution in [0.15, 0.2) is 48.5 Å². The average Bonchev–Trinajstić information content (AvgIpc) is 2.48. The third-order valence-corrected chi connectivity index (χ3v) is 3.82. The molecule has 0 bridgehead atoms. The number of hydrogen-bond donors (Lipinski definition) is 0. The van der Waals surface area contributed by atoms with Gasteiger partial charge in [-0.25, -0.2) is 0 Å². The Labute approximate surface area is 113 Å². The van der Waals surface area contributed by atoms with Gasteiger partial charge in [0.1, 0.15) is 5.75 Å². The molecule has 0 amide bonds. The van der Waals surface area contributed by atoms with Crippen LogP contribution in [0.3, 0.4) is 0 Å². The van der Waals surface area contributed by atoms with Gasteiger partial charge in [0.15, 0.2) is 5.78 Å². The molecule has 2 heteroatoms. The smallest absolute Gasteiger partial charge is 0.170 e. The van der Waals surface area contributed by atoms with Crippen LogP contribution in [0.4, 0.5) is 0 Å². The van der Waals surface area contributed by atoms with Crippen molar-refractivity contribution in [1.29, 1.82) is 0 Å². The van der Waals surface area contributed by atoms with Gasteiger partial charge < -0.3 is 4.74 Å². The number of rotatable bonds is 2. The predicted molar refractivity (Wildman–Crippen MR) is 74.8 cm³/mol. The van der Waals surface area contributed by atoms with Crippen molar-refractivity contribution in [3.8, 4) is 5.75 Å². The van der Waals surface area contributed by atoms with E-state index in [4.69, 9.17) is 4.74 Å². The molecule has 96 valence electrons. The zero-order valence-electron chi connectivity index (χ0n) is 10.9. The molecule has 2 aromatic rings. The Hall–Kier alpha value is -2.09. The number of Topliss-reactive ketones (excluding diaryl/α,β-unsaturated/α-hetero) is 1. The normalized spacial score (nSPS) is 17.9. The highest BCUT2D eigenvalue weighted by Gasteiger charge is 2.28. The van der Waals surface area contributed by atoms with Gasteiger partial charge in [-0.15, -0.1) is 0 Å². The lowest BCUT2D eigenvalue weighted by atomic mass is 9.79. The van der Waals surface area contributed by atoms with E-state index in [0.29, 0.717) is 0 Å². The van der Waals surface area contributed by atoms with E-state index in [1.165, 1.54) is 5.56 Å². The third kappa shape index (κ3) is 2.14. The van der Waals surface area contributed by atoms with E-state index in [1.54, 1.807) is 7.11 Å². The highest BCUT2D eigenvalue weighted by molar-refractivity contribution is 6.03. The second kappa shape index (κ2) is 4.88. The number of hydrogen-bond acceptors (Lipinski definition) is 2. The largest absolute Gasteiger partial charge is 0.497 e. The van der Waals surface area contributed by atoms with Crippen molar-refractivity contribution >= 4 is 5.78 Å². The van der Waals surface area contributed by atoms with Crippen molar-refractivity contribution in [2.24, 2.45) is 0 Å². The van der Waals surface area contributed by atoms with E-state index in [-0.39, 0.29) is 11.7 Å². The Morgan fingerprint density at radius 2 is 1.79 bits per heavy atom. The van der Waals surface area contributed by atoms with E-state index >= 15 is 0 Å². The third-order valence-electron chi connectivity index (χ3n) is 3.82. The van der Waals surface area contributed by atoms with Gasteiger partial charge in [0.2, 0.25) is 0 Å². The minimum absolute atomic E-state index is 0.0131. The summed E-state index contributed by atoms with van der Waals surface area (Å²) in [6, 6.07) is 15.8. The van der Waals surface area contributed by atoms with Crippen molar-refractivity contribution in [3.63, 3.8) is 0 Å². The van der Waals surface area contributed by atoms with Gasteiger partial charge in [-0.2, -0.15) is 0 Å².